The molecule has 0 amide bonds. The molecule has 0 bridgehead atoms. The van der Waals surface area contributed by atoms with Crippen LogP contribution in [0.25, 0.3) is 0 Å². The first-order valence-electron chi connectivity index (χ1n) is 11.4. The monoisotopic (exact) mass is 441 g/mol. The Kier molecular flexibility index (Phi) is 8.35. The zero-order chi connectivity index (χ0) is 22.4. The van der Waals surface area contributed by atoms with Crippen molar-refractivity contribution in [1.29, 1.82) is 5.41 Å². The highest BCUT2D eigenvalue weighted by Gasteiger charge is 2.27. The summed E-state index contributed by atoms with van der Waals surface area (Å²) in [5.74, 6) is 2.44. The van der Waals surface area contributed by atoms with Crippen LogP contribution < -0.4 is 0 Å². The summed E-state index contributed by atoms with van der Waals surface area (Å²) in [6.45, 7) is 13.1. The van der Waals surface area contributed by atoms with Gasteiger partial charge >= 0.3 is 0 Å². The lowest BCUT2D eigenvalue weighted by molar-refractivity contribution is 0.0978. The molecule has 3 rings (SSSR count). The van der Waals surface area contributed by atoms with Gasteiger partial charge in [-0.1, -0.05) is 58.4 Å². The van der Waals surface area contributed by atoms with Gasteiger partial charge in [-0.05, 0) is 55.7 Å². The third-order valence-electron chi connectivity index (χ3n) is 5.99. The third-order valence-corrected chi connectivity index (χ3v) is 7.21. The Bertz CT molecular complexity index is 866. The number of thioether (sulfide) groups is 1. The first-order chi connectivity index (χ1) is 14.9. The van der Waals surface area contributed by atoms with Crippen molar-refractivity contribution < 1.29 is 9.47 Å². The van der Waals surface area contributed by atoms with Gasteiger partial charge in [0.1, 0.15) is 5.70 Å². The maximum atomic E-state index is 8.68. The second-order valence-corrected chi connectivity index (χ2v) is 9.61. The molecule has 3 aliphatic rings. The van der Waals surface area contributed by atoms with Crippen LogP contribution in [-0.2, 0) is 9.47 Å². The fraction of sp³-hybridized carbons (Fsp3) is 0.560. The fourth-order valence-electron chi connectivity index (χ4n) is 3.95. The SMILES string of the molecule is C=C1C=C2OCOC2=CC1SC(CC(CC)CCC)=NC1=C(C)N=CC(CC)CC1=N. The van der Waals surface area contributed by atoms with E-state index in [-0.39, 0.29) is 12.0 Å². The Morgan fingerprint density at radius 3 is 2.81 bits per heavy atom. The quantitative estimate of drug-likeness (QED) is 0.333. The number of ether oxygens (including phenoxy) is 2. The Labute approximate surface area is 191 Å². The number of allylic oxidation sites excluding steroid dienone is 3. The summed E-state index contributed by atoms with van der Waals surface area (Å²) in [7, 11) is 0. The van der Waals surface area contributed by atoms with Gasteiger partial charge in [-0.2, -0.15) is 0 Å². The molecule has 0 aromatic rings. The van der Waals surface area contributed by atoms with Crippen LogP contribution in [0.2, 0.25) is 0 Å². The van der Waals surface area contributed by atoms with Gasteiger partial charge in [0.05, 0.1) is 21.7 Å². The van der Waals surface area contributed by atoms with Crippen LogP contribution in [0.1, 0.15) is 66.2 Å². The minimum atomic E-state index is 0.0473. The maximum absolute atomic E-state index is 8.68. The molecule has 3 unspecified atom stereocenters. The van der Waals surface area contributed by atoms with E-state index in [1.165, 1.54) is 6.42 Å². The minimum absolute atomic E-state index is 0.0473. The molecule has 2 heterocycles. The molecule has 3 atom stereocenters. The average molecular weight is 442 g/mol. The molecule has 5 nitrogen and oxygen atoms in total. The predicted octanol–water partition coefficient (Wildman–Crippen LogP) is 6.80. The lowest BCUT2D eigenvalue weighted by Crippen LogP contribution is -2.15. The van der Waals surface area contributed by atoms with E-state index in [2.05, 4.69) is 38.4 Å². The Morgan fingerprint density at radius 1 is 1.32 bits per heavy atom. The molecule has 31 heavy (non-hydrogen) atoms. The lowest BCUT2D eigenvalue weighted by atomic mass is 9.97. The normalized spacial score (nSPS) is 24.8. The second kappa shape index (κ2) is 11.0. The van der Waals surface area contributed by atoms with Gasteiger partial charge in [0.25, 0.3) is 0 Å². The van der Waals surface area contributed by atoms with E-state index in [0.29, 0.717) is 24.0 Å². The molecule has 1 N–H and O–H groups in total. The molecular weight excluding hydrogens is 406 g/mol. The smallest absolute Gasteiger partial charge is 0.231 e. The van der Waals surface area contributed by atoms with Crippen molar-refractivity contribution in [2.75, 3.05) is 6.79 Å². The van der Waals surface area contributed by atoms with E-state index in [1.807, 2.05) is 19.2 Å². The van der Waals surface area contributed by atoms with Gasteiger partial charge in [-0.15, -0.1) is 0 Å². The van der Waals surface area contributed by atoms with Gasteiger partial charge in [-0.25, -0.2) is 4.99 Å². The number of nitrogens with zero attached hydrogens (tertiary/aromatic N) is 2. The number of aliphatic imine (C=N–C) groups is 2. The van der Waals surface area contributed by atoms with Crippen LogP contribution in [-0.4, -0.2) is 29.0 Å². The molecule has 0 saturated carbocycles. The first-order valence-corrected chi connectivity index (χ1v) is 12.3. The Hall–Kier alpha value is -2.08. The van der Waals surface area contributed by atoms with E-state index in [4.69, 9.17) is 19.9 Å². The average Bonchev–Trinajstić information content (AvgIpc) is 3.15. The molecule has 1 fully saturated rings. The van der Waals surface area contributed by atoms with Crippen LogP contribution in [0.15, 0.2) is 57.2 Å². The molecule has 1 saturated heterocycles. The third kappa shape index (κ3) is 6.00. The van der Waals surface area contributed by atoms with Gasteiger partial charge < -0.3 is 14.9 Å². The highest BCUT2D eigenvalue weighted by Crippen LogP contribution is 2.36. The molecular formula is C25H35N3O2S. The van der Waals surface area contributed by atoms with Crippen molar-refractivity contribution in [3.05, 3.63) is 47.2 Å². The molecule has 0 aromatic heterocycles. The zero-order valence-electron chi connectivity index (χ0n) is 19.2. The van der Waals surface area contributed by atoms with Gasteiger partial charge in [0.15, 0.2) is 11.5 Å². The second-order valence-electron chi connectivity index (χ2n) is 8.40. The van der Waals surface area contributed by atoms with Crippen LogP contribution >= 0.6 is 11.8 Å². The molecule has 0 spiro atoms. The van der Waals surface area contributed by atoms with Gasteiger partial charge in [-0.3, -0.25) is 4.99 Å². The minimum Gasteiger partial charge on any atom is -0.454 e. The van der Waals surface area contributed by atoms with E-state index < -0.39 is 0 Å². The van der Waals surface area contributed by atoms with Crippen molar-refractivity contribution in [2.45, 2.75) is 71.5 Å². The van der Waals surface area contributed by atoms with Crippen LogP contribution in [0.3, 0.4) is 0 Å². The summed E-state index contributed by atoms with van der Waals surface area (Å²) < 4.78 is 11.1. The number of fused-ring (bicyclic) bond motifs is 1. The van der Waals surface area contributed by atoms with Crippen LogP contribution in [0.5, 0.6) is 0 Å². The van der Waals surface area contributed by atoms with Crippen molar-refractivity contribution >= 4 is 28.7 Å². The highest BCUT2D eigenvalue weighted by atomic mass is 32.2. The van der Waals surface area contributed by atoms with Gasteiger partial charge in [0, 0.05) is 6.21 Å². The summed E-state index contributed by atoms with van der Waals surface area (Å²) in [5, 5.41) is 9.77. The van der Waals surface area contributed by atoms with Crippen LogP contribution in [0, 0.1) is 17.2 Å². The molecule has 6 heteroatoms. The Balaban J connectivity index is 1.89. The molecule has 1 aliphatic carbocycles. The van der Waals surface area contributed by atoms with Crippen molar-refractivity contribution in [1.82, 2.24) is 0 Å². The largest absolute Gasteiger partial charge is 0.454 e. The van der Waals surface area contributed by atoms with Gasteiger partial charge in [0.2, 0.25) is 6.79 Å². The van der Waals surface area contributed by atoms with E-state index in [0.717, 1.165) is 59.2 Å². The number of nitrogens with one attached hydrogen (secondary N) is 1. The van der Waals surface area contributed by atoms with Crippen LogP contribution in [0.4, 0.5) is 0 Å². The highest BCUT2D eigenvalue weighted by molar-refractivity contribution is 8.14. The fourth-order valence-corrected chi connectivity index (χ4v) is 5.13. The molecule has 0 radical (unpaired) electrons. The van der Waals surface area contributed by atoms with E-state index in [1.54, 1.807) is 11.8 Å². The van der Waals surface area contributed by atoms with Crippen molar-refractivity contribution in [3.63, 3.8) is 0 Å². The maximum Gasteiger partial charge on any atom is 0.231 e. The number of hydrogen-bond donors (Lipinski definition) is 1. The number of rotatable bonds is 8. The topological polar surface area (TPSA) is 67.0 Å². The van der Waals surface area contributed by atoms with Crippen molar-refractivity contribution in [2.24, 2.45) is 21.8 Å². The lowest BCUT2D eigenvalue weighted by Gasteiger charge is -2.22. The molecule has 0 aromatic carbocycles. The summed E-state index contributed by atoms with van der Waals surface area (Å²) in [4.78, 5) is 9.69. The standard InChI is InChI=1S/C25H35N3O2S/c1-6-9-18(7-2)12-24(28-25-17(5)27-14-19(8-3)11-20(25)26)31-23-13-22-21(10-16(23)4)29-15-30-22/h10,13-14,18-19,23,26H,4,6-9,11-12,15H2,1-3,5H3. The summed E-state index contributed by atoms with van der Waals surface area (Å²) >= 11 is 1.71. The number of hydrogen-bond acceptors (Lipinski definition) is 6. The molecule has 2 aliphatic heterocycles. The van der Waals surface area contributed by atoms with E-state index in [9.17, 15) is 0 Å². The van der Waals surface area contributed by atoms with E-state index >= 15 is 0 Å². The first kappa shape index (κ1) is 23.6. The van der Waals surface area contributed by atoms with Crippen molar-refractivity contribution in [3.8, 4) is 0 Å². The zero-order valence-corrected chi connectivity index (χ0v) is 20.1. The summed E-state index contributed by atoms with van der Waals surface area (Å²) in [6, 6.07) is 0. The summed E-state index contributed by atoms with van der Waals surface area (Å²) in [6.07, 6.45) is 12.1. The summed E-state index contributed by atoms with van der Waals surface area (Å²) in [5.41, 5.74) is 3.13. The predicted molar refractivity (Wildman–Crippen MR) is 132 cm³/mol. The Morgan fingerprint density at radius 2 is 2.10 bits per heavy atom. The molecule has 168 valence electrons.